The highest BCUT2D eigenvalue weighted by Crippen LogP contribution is 2.36. The minimum atomic E-state index is -4.00. The van der Waals surface area contributed by atoms with Gasteiger partial charge in [0.25, 0.3) is 21.8 Å². The van der Waals surface area contributed by atoms with E-state index in [1.54, 1.807) is 49.4 Å². The molecule has 2 amide bonds. The van der Waals surface area contributed by atoms with E-state index in [-0.39, 0.29) is 29.5 Å². The molecule has 7 nitrogen and oxygen atoms in total. The molecule has 35 heavy (non-hydrogen) atoms. The van der Waals surface area contributed by atoms with Crippen molar-refractivity contribution < 1.29 is 22.4 Å². The topological polar surface area (TPSA) is 96.7 Å². The number of amides is 2. The average Bonchev–Trinajstić information content (AvgIpc) is 3.32. The zero-order chi connectivity index (χ0) is 25.3. The maximum atomic E-state index is 13.3. The molecular weight excluding hydrogens is 464 g/mol. The molecule has 0 bridgehead atoms. The van der Waals surface area contributed by atoms with E-state index >= 15 is 0 Å². The minimum Gasteiger partial charge on any atom is -0.465 e. The van der Waals surface area contributed by atoms with Crippen LogP contribution in [0.15, 0.2) is 70.7 Å². The molecule has 1 N–H and O–H groups in total. The van der Waals surface area contributed by atoms with E-state index in [0.717, 1.165) is 15.6 Å². The lowest BCUT2D eigenvalue weighted by atomic mass is 10.0. The third kappa shape index (κ3) is 4.93. The largest absolute Gasteiger partial charge is 0.465 e. The van der Waals surface area contributed by atoms with Gasteiger partial charge in [-0.1, -0.05) is 50.2 Å². The lowest BCUT2D eigenvalue weighted by Crippen LogP contribution is -2.31. The van der Waals surface area contributed by atoms with E-state index in [1.807, 2.05) is 25.1 Å². The second kappa shape index (κ2) is 9.54. The summed E-state index contributed by atoms with van der Waals surface area (Å²) in [6, 6.07) is 17.4. The van der Waals surface area contributed by atoms with Crippen LogP contribution in [0.1, 0.15) is 65.3 Å². The Bertz CT molecular complexity index is 1400. The molecule has 0 unspecified atom stereocenters. The molecular formula is C27H28N2O5S. The zero-order valence-electron chi connectivity index (χ0n) is 20.2. The number of carbonyl (C=O) groups excluding carboxylic acids is 2. The second-order valence-corrected chi connectivity index (χ2v) is 10.7. The number of sulfonamides is 1. The lowest BCUT2D eigenvalue weighted by Gasteiger charge is -2.17. The summed E-state index contributed by atoms with van der Waals surface area (Å²) in [5.74, 6) is 0.925. The summed E-state index contributed by atoms with van der Waals surface area (Å²) in [5.41, 5.74) is 2.82. The first kappa shape index (κ1) is 24.5. The van der Waals surface area contributed by atoms with Gasteiger partial charge < -0.3 is 9.73 Å². The van der Waals surface area contributed by atoms with Gasteiger partial charge >= 0.3 is 0 Å². The lowest BCUT2D eigenvalue weighted by molar-refractivity contribution is -0.122. The number of hydrogen-bond donors (Lipinski definition) is 1. The Balaban J connectivity index is 1.47. The molecule has 0 fully saturated rings. The Labute approximate surface area is 205 Å². The fraction of sp³-hybridized carbons (Fsp3) is 0.259. The minimum absolute atomic E-state index is 0.0435. The first-order valence-corrected chi connectivity index (χ1v) is 12.8. The third-order valence-corrected chi connectivity index (χ3v) is 7.97. The van der Waals surface area contributed by atoms with Gasteiger partial charge in [-0.05, 0) is 60.7 Å². The van der Waals surface area contributed by atoms with Crippen molar-refractivity contribution in [3.05, 3.63) is 100 Å². The van der Waals surface area contributed by atoms with Crippen molar-refractivity contribution in [1.82, 2.24) is 9.62 Å². The summed E-state index contributed by atoms with van der Waals surface area (Å²) >= 11 is 0. The van der Waals surface area contributed by atoms with Crippen molar-refractivity contribution in [1.29, 1.82) is 0 Å². The Kier molecular flexibility index (Phi) is 6.67. The van der Waals surface area contributed by atoms with Gasteiger partial charge in [-0.25, -0.2) is 12.7 Å². The van der Waals surface area contributed by atoms with Crippen molar-refractivity contribution in [2.75, 3.05) is 0 Å². The summed E-state index contributed by atoms with van der Waals surface area (Å²) in [7, 11) is -4.00. The van der Waals surface area contributed by atoms with Gasteiger partial charge in [-0.15, -0.1) is 0 Å². The normalized spacial score (nSPS) is 15.2. The van der Waals surface area contributed by atoms with Crippen molar-refractivity contribution >= 4 is 26.7 Å². The number of nitrogens with one attached hydrogen (secondary N) is 1. The fourth-order valence-electron chi connectivity index (χ4n) is 4.02. The predicted octanol–water partition coefficient (Wildman–Crippen LogP) is 4.74. The first-order valence-electron chi connectivity index (χ1n) is 11.4. The molecule has 1 aromatic heterocycles. The Morgan fingerprint density at radius 3 is 2.20 bits per heavy atom. The van der Waals surface area contributed by atoms with Crippen LogP contribution >= 0.6 is 0 Å². The number of nitrogens with zero attached hydrogens (tertiary/aromatic N) is 1. The molecule has 8 heteroatoms. The summed E-state index contributed by atoms with van der Waals surface area (Å²) in [5, 5.41) is 2.78. The number of rotatable bonds is 7. The molecule has 182 valence electrons. The molecule has 3 aromatic rings. The molecule has 1 aliphatic heterocycles. The standard InChI is InChI=1S/C27H28N2O5S/c1-17(2)21-10-12-22(13-11-21)25-19(4)27(31)29(35(25,32)33)16-20-6-8-23(9-7-20)26(30)28-15-24-14-5-18(3)34-24/h5-14,17H,15-16H2,1-4H3,(H,28,30). The molecule has 4 rings (SSSR count). The average molecular weight is 493 g/mol. The van der Waals surface area contributed by atoms with Gasteiger partial charge in [0.1, 0.15) is 16.4 Å². The zero-order valence-corrected chi connectivity index (χ0v) is 21.0. The van der Waals surface area contributed by atoms with Crippen molar-refractivity contribution in [2.45, 2.75) is 46.7 Å². The van der Waals surface area contributed by atoms with Crippen molar-refractivity contribution in [3.63, 3.8) is 0 Å². The van der Waals surface area contributed by atoms with E-state index in [9.17, 15) is 18.0 Å². The van der Waals surface area contributed by atoms with Gasteiger partial charge in [0, 0.05) is 11.1 Å². The third-order valence-electron chi connectivity index (χ3n) is 6.04. The monoisotopic (exact) mass is 492 g/mol. The van der Waals surface area contributed by atoms with Crippen LogP contribution < -0.4 is 5.32 Å². The van der Waals surface area contributed by atoms with E-state index in [2.05, 4.69) is 19.2 Å². The molecule has 0 spiro atoms. The summed E-state index contributed by atoms with van der Waals surface area (Å²) in [4.78, 5) is 25.4. The van der Waals surface area contributed by atoms with Gasteiger partial charge in [0.15, 0.2) is 0 Å². The summed E-state index contributed by atoms with van der Waals surface area (Å²) < 4.78 is 33.0. The fourth-order valence-corrected chi connectivity index (χ4v) is 5.82. The predicted molar refractivity (Wildman–Crippen MR) is 134 cm³/mol. The quantitative estimate of drug-likeness (QED) is 0.514. The van der Waals surface area contributed by atoms with Crippen LogP contribution in [0, 0.1) is 6.92 Å². The first-order chi connectivity index (χ1) is 16.6. The number of hydrogen-bond acceptors (Lipinski definition) is 5. The van der Waals surface area contributed by atoms with Crippen LogP contribution in [0.25, 0.3) is 4.91 Å². The number of furan rings is 1. The van der Waals surface area contributed by atoms with Crippen LogP contribution in [0.4, 0.5) is 0 Å². The van der Waals surface area contributed by atoms with Gasteiger partial charge in [0.05, 0.1) is 13.1 Å². The Hall–Kier alpha value is -3.65. The maximum Gasteiger partial charge on any atom is 0.268 e. The molecule has 0 aliphatic carbocycles. The molecule has 0 atom stereocenters. The number of aryl methyl sites for hydroxylation is 1. The molecule has 1 aliphatic rings. The van der Waals surface area contributed by atoms with E-state index in [4.69, 9.17) is 4.42 Å². The molecule has 0 saturated heterocycles. The molecule has 2 aromatic carbocycles. The number of benzene rings is 2. The van der Waals surface area contributed by atoms with Crippen LogP contribution in [0.3, 0.4) is 0 Å². The Morgan fingerprint density at radius 2 is 1.63 bits per heavy atom. The molecule has 2 heterocycles. The van der Waals surface area contributed by atoms with Gasteiger partial charge in [-0.2, -0.15) is 0 Å². The highest BCUT2D eigenvalue weighted by atomic mass is 32.2. The molecule has 0 radical (unpaired) electrons. The number of carbonyl (C=O) groups is 2. The van der Waals surface area contributed by atoms with E-state index < -0.39 is 15.9 Å². The van der Waals surface area contributed by atoms with E-state index in [0.29, 0.717) is 28.4 Å². The SMILES string of the molecule is CC1=C(c2ccc(C(C)C)cc2)S(=O)(=O)N(Cc2ccc(C(=O)NCc3ccc(C)o3)cc2)C1=O. The smallest absolute Gasteiger partial charge is 0.268 e. The van der Waals surface area contributed by atoms with Crippen molar-refractivity contribution in [2.24, 2.45) is 0 Å². The van der Waals surface area contributed by atoms with Crippen LogP contribution in [-0.2, 0) is 27.9 Å². The maximum absolute atomic E-state index is 13.3. The summed E-state index contributed by atoms with van der Waals surface area (Å²) in [6.45, 7) is 7.65. The highest BCUT2D eigenvalue weighted by Gasteiger charge is 2.42. The second-order valence-electron chi connectivity index (χ2n) is 8.94. The molecule has 0 saturated carbocycles. The summed E-state index contributed by atoms with van der Waals surface area (Å²) in [6.07, 6.45) is 0. The van der Waals surface area contributed by atoms with E-state index in [1.165, 1.54) is 0 Å². The van der Waals surface area contributed by atoms with Crippen LogP contribution in [-0.4, -0.2) is 24.5 Å². The van der Waals surface area contributed by atoms with Crippen LogP contribution in [0.2, 0.25) is 0 Å². The highest BCUT2D eigenvalue weighted by molar-refractivity contribution is 7.99. The van der Waals surface area contributed by atoms with Gasteiger partial charge in [0.2, 0.25) is 0 Å². The van der Waals surface area contributed by atoms with Crippen LogP contribution in [0.5, 0.6) is 0 Å². The Morgan fingerprint density at radius 1 is 0.971 bits per heavy atom. The van der Waals surface area contributed by atoms with Gasteiger partial charge in [-0.3, -0.25) is 9.59 Å². The van der Waals surface area contributed by atoms with Crippen molar-refractivity contribution in [3.8, 4) is 0 Å².